The minimum absolute atomic E-state index is 0.280. The molecular weight excluding hydrogens is 308 g/mol. The quantitative estimate of drug-likeness (QED) is 0.578. The standard InChI is InChI=1S/C7H10Br2O4/c1-3-13-7(11)5(9)4(8)6(10)12-2/h4-5H,3H2,1-2H3/t4-,5+/m1/s1. The molecule has 6 heteroatoms. The van der Waals surface area contributed by atoms with Gasteiger partial charge in [0.15, 0.2) is 0 Å². The van der Waals surface area contributed by atoms with Crippen LogP contribution in [0.5, 0.6) is 0 Å². The molecule has 0 spiro atoms. The summed E-state index contributed by atoms with van der Waals surface area (Å²) in [7, 11) is 1.25. The topological polar surface area (TPSA) is 52.6 Å². The van der Waals surface area contributed by atoms with Crippen molar-refractivity contribution < 1.29 is 19.1 Å². The van der Waals surface area contributed by atoms with Crippen LogP contribution in [0.3, 0.4) is 0 Å². The molecule has 0 aliphatic heterocycles. The molecule has 0 rings (SSSR count). The van der Waals surface area contributed by atoms with E-state index in [2.05, 4.69) is 36.6 Å². The molecule has 13 heavy (non-hydrogen) atoms. The molecule has 4 nitrogen and oxygen atoms in total. The Balaban J connectivity index is 4.16. The first-order chi connectivity index (χ1) is 6.04. The van der Waals surface area contributed by atoms with Gasteiger partial charge in [-0.15, -0.1) is 0 Å². The zero-order valence-electron chi connectivity index (χ0n) is 7.25. The number of carbonyl (C=O) groups is 2. The molecule has 0 N–H and O–H groups in total. The number of alkyl halides is 2. The van der Waals surface area contributed by atoms with Crippen LogP contribution < -0.4 is 0 Å². The smallest absolute Gasteiger partial charge is 0.321 e. The fourth-order valence-electron chi connectivity index (χ4n) is 0.573. The van der Waals surface area contributed by atoms with E-state index in [1.54, 1.807) is 6.92 Å². The highest BCUT2D eigenvalue weighted by molar-refractivity contribution is 9.12. The number of ether oxygens (including phenoxy) is 2. The van der Waals surface area contributed by atoms with Crippen molar-refractivity contribution in [1.82, 2.24) is 0 Å². The average Bonchev–Trinajstić information content (AvgIpc) is 2.14. The average molecular weight is 318 g/mol. The highest BCUT2D eigenvalue weighted by atomic mass is 79.9. The predicted molar refractivity (Wildman–Crippen MR) is 54.1 cm³/mol. The third-order valence-corrected chi connectivity index (χ3v) is 3.71. The van der Waals surface area contributed by atoms with Crippen LogP contribution in [0.15, 0.2) is 0 Å². The van der Waals surface area contributed by atoms with Gasteiger partial charge in [0.2, 0.25) is 0 Å². The van der Waals surface area contributed by atoms with Gasteiger partial charge in [-0.1, -0.05) is 31.9 Å². The van der Waals surface area contributed by atoms with Crippen molar-refractivity contribution >= 4 is 43.8 Å². The number of carbonyl (C=O) groups excluding carboxylic acids is 2. The highest BCUT2D eigenvalue weighted by Gasteiger charge is 2.31. The van der Waals surface area contributed by atoms with Gasteiger partial charge in [0.1, 0.15) is 9.65 Å². The Bertz CT molecular complexity index is 195. The summed E-state index contributed by atoms with van der Waals surface area (Å²) in [4.78, 5) is 20.6. The second-order valence-electron chi connectivity index (χ2n) is 2.08. The van der Waals surface area contributed by atoms with Crippen molar-refractivity contribution in [2.75, 3.05) is 13.7 Å². The minimum atomic E-state index is -0.725. The summed E-state index contributed by atoms with van der Waals surface area (Å²) in [6.07, 6.45) is 0. The van der Waals surface area contributed by atoms with Crippen LogP contribution in [0.2, 0.25) is 0 Å². The van der Waals surface area contributed by atoms with Crippen LogP contribution in [0.4, 0.5) is 0 Å². The van der Waals surface area contributed by atoms with Gasteiger partial charge in [-0.25, -0.2) is 0 Å². The first-order valence-electron chi connectivity index (χ1n) is 3.57. The lowest BCUT2D eigenvalue weighted by Crippen LogP contribution is -2.33. The van der Waals surface area contributed by atoms with Crippen molar-refractivity contribution in [1.29, 1.82) is 0 Å². The SMILES string of the molecule is CCOC(=O)[C@@H](Br)[C@@H](Br)C(=O)OC. The number of esters is 2. The lowest BCUT2D eigenvalue weighted by atomic mass is 10.3. The third kappa shape index (κ3) is 4.08. The molecule has 0 unspecified atom stereocenters. The van der Waals surface area contributed by atoms with Crippen LogP contribution in [0, 0.1) is 0 Å². The number of hydrogen-bond donors (Lipinski definition) is 0. The fourth-order valence-corrected chi connectivity index (χ4v) is 1.32. The van der Waals surface area contributed by atoms with Gasteiger partial charge < -0.3 is 9.47 Å². The molecule has 0 aromatic carbocycles. The summed E-state index contributed by atoms with van der Waals surface area (Å²) in [5.41, 5.74) is 0. The molecular formula is C7H10Br2O4. The summed E-state index contributed by atoms with van der Waals surface area (Å²) in [6.45, 7) is 1.97. The Hall–Kier alpha value is -0.100. The van der Waals surface area contributed by atoms with Crippen molar-refractivity contribution in [3.8, 4) is 0 Å². The third-order valence-electron chi connectivity index (χ3n) is 1.20. The summed E-state index contributed by atoms with van der Waals surface area (Å²) in [6, 6.07) is 0. The Morgan fingerprint density at radius 2 is 1.69 bits per heavy atom. The van der Waals surface area contributed by atoms with Crippen LogP contribution >= 0.6 is 31.9 Å². The summed E-state index contributed by atoms with van der Waals surface area (Å²) < 4.78 is 9.13. The number of methoxy groups -OCH3 is 1. The van der Waals surface area contributed by atoms with Gasteiger partial charge in [-0.2, -0.15) is 0 Å². The molecule has 0 saturated heterocycles. The van der Waals surface area contributed by atoms with Gasteiger partial charge in [0.05, 0.1) is 13.7 Å². The minimum Gasteiger partial charge on any atom is -0.468 e. The maximum atomic E-state index is 11.1. The fraction of sp³-hybridized carbons (Fsp3) is 0.714. The second kappa shape index (κ2) is 6.37. The van der Waals surface area contributed by atoms with E-state index >= 15 is 0 Å². The molecule has 0 bridgehead atoms. The molecule has 0 amide bonds. The molecule has 76 valence electrons. The maximum absolute atomic E-state index is 11.1. The van der Waals surface area contributed by atoms with E-state index in [1.807, 2.05) is 0 Å². The summed E-state index contributed by atoms with van der Waals surface area (Å²) in [5, 5.41) is 0. The van der Waals surface area contributed by atoms with Gasteiger partial charge in [0, 0.05) is 0 Å². The summed E-state index contributed by atoms with van der Waals surface area (Å²) >= 11 is 6.05. The first-order valence-corrected chi connectivity index (χ1v) is 5.40. The zero-order valence-corrected chi connectivity index (χ0v) is 10.4. The molecule has 0 aromatic rings. The highest BCUT2D eigenvalue weighted by Crippen LogP contribution is 2.17. The van der Waals surface area contributed by atoms with Crippen molar-refractivity contribution in [2.24, 2.45) is 0 Å². The molecule has 0 aliphatic rings. The normalized spacial score (nSPS) is 14.5. The van der Waals surface area contributed by atoms with E-state index < -0.39 is 21.6 Å². The van der Waals surface area contributed by atoms with Gasteiger partial charge in [0.25, 0.3) is 0 Å². The number of rotatable bonds is 4. The monoisotopic (exact) mass is 316 g/mol. The van der Waals surface area contributed by atoms with Crippen LogP contribution in [0.25, 0.3) is 0 Å². The lowest BCUT2D eigenvalue weighted by Gasteiger charge is -2.12. The number of halogens is 2. The van der Waals surface area contributed by atoms with Gasteiger partial charge in [-0.3, -0.25) is 9.59 Å². The number of hydrogen-bond acceptors (Lipinski definition) is 4. The second-order valence-corrected chi connectivity index (χ2v) is 4.05. The van der Waals surface area contributed by atoms with E-state index in [4.69, 9.17) is 4.74 Å². The van der Waals surface area contributed by atoms with Gasteiger partial charge in [-0.05, 0) is 6.92 Å². The van der Waals surface area contributed by atoms with E-state index in [-0.39, 0.29) is 6.61 Å². The van der Waals surface area contributed by atoms with E-state index in [0.29, 0.717) is 0 Å². The zero-order chi connectivity index (χ0) is 10.4. The molecule has 0 saturated carbocycles. The van der Waals surface area contributed by atoms with Crippen molar-refractivity contribution in [3.05, 3.63) is 0 Å². The molecule has 0 aromatic heterocycles. The molecule has 0 heterocycles. The largest absolute Gasteiger partial charge is 0.468 e. The Morgan fingerprint density at radius 1 is 1.23 bits per heavy atom. The van der Waals surface area contributed by atoms with E-state index in [9.17, 15) is 9.59 Å². The van der Waals surface area contributed by atoms with E-state index in [0.717, 1.165) is 0 Å². The molecule has 0 fully saturated rings. The van der Waals surface area contributed by atoms with Crippen molar-refractivity contribution in [3.63, 3.8) is 0 Å². The van der Waals surface area contributed by atoms with Crippen molar-refractivity contribution in [2.45, 2.75) is 16.6 Å². The lowest BCUT2D eigenvalue weighted by molar-refractivity contribution is -0.147. The predicted octanol–water partition coefficient (Wildman–Crippen LogP) is 1.25. The van der Waals surface area contributed by atoms with Crippen LogP contribution in [-0.2, 0) is 19.1 Å². The van der Waals surface area contributed by atoms with Crippen LogP contribution in [-0.4, -0.2) is 35.3 Å². The molecule has 2 atom stereocenters. The van der Waals surface area contributed by atoms with E-state index in [1.165, 1.54) is 7.11 Å². The van der Waals surface area contributed by atoms with Gasteiger partial charge >= 0.3 is 11.9 Å². The molecule has 0 radical (unpaired) electrons. The van der Waals surface area contributed by atoms with Crippen LogP contribution in [0.1, 0.15) is 6.92 Å². The summed E-state index contributed by atoms with van der Waals surface area (Å²) in [5.74, 6) is -1.01. The Morgan fingerprint density at radius 3 is 2.08 bits per heavy atom. The Labute approximate surface area is 93.2 Å². The molecule has 0 aliphatic carbocycles. The maximum Gasteiger partial charge on any atom is 0.321 e. The Kier molecular flexibility index (Phi) is 6.32. The first kappa shape index (κ1) is 12.9.